The van der Waals surface area contributed by atoms with Gasteiger partial charge in [-0.2, -0.15) is 13.2 Å². The fraction of sp³-hybridized carbons (Fsp3) is 0.500. The van der Waals surface area contributed by atoms with E-state index < -0.39 is 23.3 Å². The largest absolute Gasteiger partial charge is 0.418 e. The second kappa shape index (κ2) is 6.80. The molecule has 0 saturated carbocycles. The average Bonchev–Trinajstić information content (AvgIpc) is 2.35. The number of benzene rings is 1. The molecule has 0 aromatic heterocycles. The Balaban J connectivity index is 2.84. The van der Waals surface area contributed by atoms with Gasteiger partial charge in [-0.3, -0.25) is 4.79 Å². The number of halogens is 3. The molecule has 0 saturated heterocycles. The molecule has 1 aromatic rings. The molecule has 0 spiro atoms. The van der Waals surface area contributed by atoms with Crippen LogP contribution in [0.2, 0.25) is 0 Å². The van der Waals surface area contributed by atoms with Gasteiger partial charge >= 0.3 is 6.18 Å². The van der Waals surface area contributed by atoms with Crippen LogP contribution < -0.4 is 11.1 Å². The number of nitrogen functional groups attached to an aromatic ring is 1. The number of carbonyl (C=O) groups is 1. The third-order valence-corrected chi connectivity index (χ3v) is 3.04. The van der Waals surface area contributed by atoms with Crippen LogP contribution in [0.15, 0.2) is 18.2 Å². The molecule has 21 heavy (non-hydrogen) atoms. The lowest BCUT2D eigenvalue weighted by atomic mass is 10.1. The van der Waals surface area contributed by atoms with Crippen molar-refractivity contribution < 1.29 is 18.0 Å². The number of hydrogen-bond acceptors (Lipinski definition) is 3. The lowest BCUT2D eigenvalue weighted by Crippen LogP contribution is -2.35. The first-order valence-corrected chi connectivity index (χ1v) is 6.54. The van der Waals surface area contributed by atoms with E-state index in [1.165, 1.54) is 12.1 Å². The van der Waals surface area contributed by atoms with E-state index in [4.69, 9.17) is 5.73 Å². The summed E-state index contributed by atoms with van der Waals surface area (Å²) in [6.07, 6.45) is -3.88. The Hall–Kier alpha value is -1.76. The first kappa shape index (κ1) is 17.3. The summed E-state index contributed by atoms with van der Waals surface area (Å²) in [5.41, 5.74) is 3.80. The smallest absolute Gasteiger partial charge is 0.398 e. The summed E-state index contributed by atoms with van der Waals surface area (Å²) in [7, 11) is 3.80. The summed E-state index contributed by atoms with van der Waals surface area (Å²) in [6, 6.07) is 3.17. The van der Waals surface area contributed by atoms with Crippen LogP contribution in [0, 0.1) is 0 Å². The molecule has 7 heteroatoms. The molecule has 1 unspecified atom stereocenters. The Morgan fingerprint density at radius 1 is 1.38 bits per heavy atom. The molecule has 0 bridgehead atoms. The zero-order chi connectivity index (χ0) is 16.2. The van der Waals surface area contributed by atoms with Gasteiger partial charge in [-0.1, -0.05) is 6.07 Å². The minimum Gasteiger partial charge on any atom is -0.398 e. The highest BCUT2D eigenvalue weighted by Crippen LogP contribution is 2.34. The van der Waals surface area contributed by atoms with Crippen molar-refractivity contribution in [2.75, 3.05) is 26.4 Å². The molecule has 0 aliphatic heterocycles. The molecule has 1 aromatic carbocycles. The van der Waals surface area contributed by atoms with Crippen molar-refractivity contribution >= 4 is 11.6 Å². The maximum atomic E-state index is 12.7. The van der Waals surface area contributed by atoms with Crippen LogP contribution >= 0.6 is 0 Å². The van der Waals surface area contributed by atoms with Gasteiger partial charge in [0, 0.05) is 6.04 Å². The van der Waals surface area contributed by atoms with Crippen molar-refractivity contribution in [1.29, 1.82) is 0 Å². The van der Waals surface area contributed by atoms with Crippen LogP contribution in [0.4, 0.5) is 18.9 Å². The standard InChI is InChI=1S/C14H20F3N3O/c1-9(7-8-20(2)3)19-13(21)10-5-4-6-11(12(10)18)14(15,16)17/h4-6,9H,7-8,18H2,1-3H3,(H,19,21). The van der Waals surface area contributed by atoms with E-state index in [2.05, 4.69) is 5.32 Å². The zero-order valence-electron chi connectivity index (χ0n) is 12.3. The predicted molar refractivity (Wildman–Crippen MR) is 76.0 cm³/mol. The number of nitrogens with zero attached hydrogens (tertiary/aromatic N) is 1. The molecule has 0 radical (unpaired) electrons. The number of anilines is 1. The fourth-order valence-corrected chi connectivity index (χ4v) is 1.84. The van der Waals surface area contributed by atoms with Crippen LogP contribution in [0.25, 0.3) is 0 Å². The third-order valence-electron chi connectivity index (χ3n) is 3.04. The highest BCUT2D eigenvalue weighted by atomic mass is 19.4. The van der Waals surface area contributed by atoms with Crippen LogP contribution in [-0.4, -0.2) is 37.5 Å². The normalized spacial score (nSPS) is 13.3. The molecule has 4 nitrogen and oxygen atoms in total. The summed E-state index contributed by atoms with van der Waals surface area (Å²) in [6.45, 7) is 2.56. The first-order valence-electron chi connectivity index (χ1n) is 6.54. The highest BCUT2D eigenvalue weighted by molar-refractivity contribution is 6.00. The van der Waals surface area contributed by atoms with Crippen molar-refractivity contribution in [3.8, 4) is 0 Å². The summed E-state index contributed by atoms with van der Waals surface area (Å²) in [5, 5.41) is 2.66. The van der Waals surface area contributed by atoms with Gasteiger partial charge in [-0.15, -0.1) is 0 Å². The van der Waals surface area contributed by atoms with Gasteiger partial charge < -0.3 is 16.0 Å². The molecule has 0 aliphatic rings. The van der Waals surface area contributed by atoms with Crippen molar-refractivity contribution in [3.05, 3.63) is 29.3 Å². The molecule has 1 amide bonds. The van der Waals surface area contributed by atoms with Crippen LogP contribution in [0.3, 0.4) is 0 Å². The monoisotopic (exact) mass is 303 g/mol. The maximum Gasteiger partial charge on any atom is 0.418 e. The average molecular weight is 303 g/mol. The van der Waals surface area contributed by atoms with E-state index in [9.17, 15) is 18.0 Å². The van der Waals surface area contributed by atoms with E-state index >= 15 is 0 Å². The van der Waals surface area contributed by atoms with Gasteiger partial charge in [0.1, 0.15) is 0 Å². The summed E-state index contributed by atoms with van der Waals surface area (Å²) >= 11 is 0. The number of amides is 1. The van der Waals surface area contributed by atoms with Crippen molar-refractivity contribution in [1.82, 2.24) is 10.2 Å². The van der Waals surface area contributed by atoms with Crippen LogP contribution in [0.5, 0.6) is 0 Å². The molecule has 1 atom stereocenters. The van der Waals surface area contributed by atoms with Gasteiger partial charge in [-0.05, 0) is 46.1 Å². The van der Waals surface area contributed by atoms with Crippen molar-refractivity contribution in [3.63, 3.8) is 0 Å². The SMILES string of the molecule is CC(CCN(C)C)NC(=O)c1cccc(C(F)(F)F)c1N. The molecule has 0 fully saturated rings. The van der Waals surface area contributed by atoms with E-state index in [-0.39, 0.29) is 11.6 Å². The van der Waals surface area contributed by atoms with Gasteiger partial charge in [0.15, 0.2) is 0 Å². The predicted octanol–water partition coefficient (Wildman–Crippen LogP) is 2.36. The molecule has 1 rings (SSSR count). The Kier molecular flexibility index (Phi) is 5.60. The van der Waals surface area contributed by atoms with E-state index in [1.54, 1.807) is 6.92 Å². The Morgan fingerprint density at radius 2 is 2.00 bits per heavy atom. The molecule has 0 aliphatic carbocycles. The van der Waals surface area contributed by atoms with Gasteiger partial charge in [-0.25, -0.2) is 0 Å². The number of para-hydroxylation sites is 1. The Bertz CT molecular complexity index is 501. The topological polar surface area (TPSA) is 58.4 Å². The molecule has 3 N–H and O–H groups in total. The summed E-state index contributed by atoms with van der Waals surface area (Å²) in [5.74, 6) is -0.593. The Morgan fingerprint density at radius 3 is 2.52 bits per heavy atom. The first-order chi connectivity index (χ1) is 9.62. The van der Waals surface area contributed by atoms with Gasteiger partial charge in [0.05, 0.1) is 16.8 Å². The molecular formula is C14H20F3N3O. The fourth-order valence-electron chi connectivity index (χ4n) is 1.84. The quantitative estimate of drug-likeness (QED) is 0.821. The molecule has 118 valence electrons. The summed E-state index contributed by atoms with van der Waals surface area (Å²) < 4.78 is 38.2. The van der Waals surface area contributed by atoms with Crippen LogP contribution in [-0.2, 0) is 6.18 Å². The minimum atomic E-state index is -4.57. The highest BCUT2D eigenvalue weighted by Gasteiger charge is 2.34. The third kappa shape index (κ3) is 4.93. The number of nitrogens with one attached hydrogen (secondary N) is 1. The molecule has 0 heterocycles. The number of nitrogens with two attached hydrogens (primary N) is 1. The second-order valence-corrected chi connectivity index (χ2v) is 5.23. The minimum absolute atomic E-state index is 0.151. The number of hydrogen-bond donors (Lipinski definition) is 2. The Labute approximate surface area is 122 Å². The maximum absolute atomic E-state index is 12.7. The van der Waals surface area contributed by atoms with E-state index in [0.29, 0.717) is 6.42 Å². The number of carbonyl (C=O) groups excluding carboxylic acids is 1. The zero-order valence-corrected chi connectivity index (χ0v) is 12.3. The van der Waals surface area contributed by atoms with Crippen molar-refractivity contribution in [2.24, 2.45) is 0 Å². The number of rotatable bonds is 5. The van der Waals surface area contributed by atoms with E-state index in [1.807, 2.05) is 19.0 Å². The summed E-state index contributed by atoms with van der Waals surface area (Å²) in [4.78, 5) is 14.0. The lowest BCUT2D eigenvalue weighted by Gasteiger charge is -2.18. The lowest BCUT2D eigenvalue weighted by molar-refractivity contribution is -0.136. The van der Waals surface area contributed by atoms with E-state index in [0.717, 1.165) is 12.6 Å². The second-order valence-electron chi connectivity index (χ2n) is 5.23. The van der Waals surface area contributed by atoms with Crippen molar-refractivity contribution in [2.45, 2.75) is 25.6 Å². The number of alkyl halides is 3. The van der Waals surface area contributed by atoms with Gasteiger partial charge in [0.2, 0.25) is 0 Å². The molecular weight excluding hydrogens is 283 g/mol. The van der Waals surface area contributed by atoms with Gasteiger partial charge in [0.25, 0.3) is 5.91 Å². The van der Waals surface area contributed by atoms with Crippen LogP contribution in [0.1, 0.15) is 29.3 Å².